The molecular weight excluding hydrogens is 248 g/mol. The minimum absolute atomic E-state index is 0.379. The Hall–Kier alpha value is -2.35. The largest absolute Gasteiger partial charge is 0.478 e. The Kier molecular flexibility index (Phi) is 3.38. The van der Waals surface area contributed by atoms with Gasteiger partial charge in [-0.15, -0.1) is 0 Å². The molecule has 0 aromatic heterocycles. The minimum atomic E-state index is -0.855. The van der Waals surface area contributed by atoms with Gasteiger partial charge in [-0.2, -0.15) is 0 Å². The number of rotatable bonds is 2. The summed E-state index contributed by atoms with van der Waals surface area (Å²) in [7, 11) is 0. The third-order valence-electron chi connectivity index (χ3n) is 3.76. The number of hydrogen-bond donors (Lipinski definition) is 1. The number of fused-ring (bicyclic) bond motifs is 1. The van der Waals surface area contributed by atoms with Crippen LogP contribution in [0, 0.1) is 0 Å². The average Bonchev–Trinajstić information content (AvgIpc) is 2.47. The van der Waals surface area contributed by atoms with Crippen LogP contribution in [0.3, 0.4) is 0 Å². The van der Waals surface area contributed by atoms with Gasteiger partial charge in [0.05, 0.1) is 5.56 Å². The summed E-state index contributed by atoms with van der Waals surface area (Å²) >= 11 is 0. The van der Waals surface area contributed by atoms with Gasteiger partial charge in [-0.3, -0.25) is 0 Å². The van der Waals surface area contributed by atoms with E-state index in [-0.39, 0.29) is 0 Å². The Balaban J connectivity index is 1.89. The second kappa shape index (κ2) is 5.33. The summed E-state index contributed by atoms with van der Waals surface area (Å²) in [6, 6.07) is 15.7. The summed E-state index contributed by atoms with van der Waals surface area (Å²) < 4.78 is 0. The summed E-state index contributed by atoms with van der Waals surface area (Å²) in [6.45, 7) is 0. The molecule has 0 bridgehead atoms. The van der Waals surface area contributed by atoms with E-state index >= 15 is 0 Å². The second-order valence-corrected chi connectivity index (χ2v) is 5.18. The molecule has 0 saturated carbocycles. The van der Waals surface area contributed by atoms with Crippen LogP contribution < -0.4 is 0 Å². The smallest absolute Gasteiger partial charge is 0.335 e. The molecule has 0 atom stereocenters. The number of benzene rings is 2. The predicted octanol–water partition coefficient (Wildman–Crippen LogP) is 3.96. The van der Waals surface area contributed by atoms with Gasteiger partial charge in [0.25, 0.3) is 0 Å². The fraction of sp³-hybridized carbons (Fsp3) is 0.167. The molecule has 2 nitrogen and oxygen atoms in total. The lowest BCUT2D eigenvalue weighted by Gasteiger charge is -2.19. The van der Waals surface area contributed by atoms with Crippen molar-refractivity contribution in [2.45, 2.75) is 19.3 Å². The third-order valence-corrected chi connectivity index (χ3v) is 3.76. The standard InChI is InChI=1S/C18H16O2/c19-18(20)16-9-8-15-7-6-14(11-17(15)12-16)10-13-4-2-1-3-5-13/h1-5,8-10,12H,6-7,11H2,(H,19,20)/b14-10+. The van der Waals surface area contributed by atoms with Crippen molar-refractivity contribution >= 4 is 12.0 Å². The molecule has 1 aliphatic carbocycles. The van der Waals surface area contributed by atoms with E-state index in [1.807, 2.05) is 30.3 Å². The van der Waals surface area contributed by atoms with Gasteiger partial charge in [0, 0.05) is 0 Å². The number of allylic oxidation sites excluding steroid dienone is 1. The molecular formula is C18H16O2. The van der Waals surface area contributed by atoms with Crippen LogP contribution in [0.25, 0.3) is 6.08 Å². The first-order valence-electron chi connectivity index (χ1n) is 6.82. The molecule has 0 amide bonds. The van der Waals surface area contributed by atoms with E-state index in [4.69, 9.17) is 5.11 Å². The zero-order chi connectivity index (χ0) is 13.9. The fourth-order valence-corrected chi connectivity index (χ4v) is 2.70. The van der Waals surface area contributed by atoms with Gasteiger partial charge in [-0.1, -0.05) is 48.0 Å². The van der Waals surface area contributed by atoms with Gasteiger partial charge >= 0.3 is 5.97 Å². The van der Waals surface area contributed by atoms with Crippen LogP contribution in [0.2, 0.25) is 0 Å². The highest BCUT2D eigenvalue weighted by Gasteiger charge is 2.15. The Morgan fingerprint density at radius 3 is 2.55 bits per heavy atom. The van der Waals surface area contributed by atoms with Gasteiger partial charge < -0.3 is 5.11 Å². The van der Waals surface area contributed by atoms with Crippen molar-refractivity contribution in [2.75, 3.05) is 0 Å². The van der Waals surface area contributed by atoms with Crippen LogP contribution >= 0.6 is 0 Å². The van der Waals surface area contributed by atoms with Gasteiger partial charge in [0.1, 0.15) is 0 Å². The van der Waals surface area contributed by atoms with E-state index in [0.717, 1.165) is 24.8 Å². The maximum atomic E-state index is 11.0. The molecule has 2 aromatic carbocycles. The van der Waals surface area contributed by atoms with Gasteiger partial charge in [0.2, 0.25) is 0 Å². The highest BCUT2D eigenvalue weighted by atomic mass is 16.4. The topological polar surface area (TPSA) is 37.3 Å². The molecule has 0 spiro atoms. The Bertz CT molecular complexity index is 669. The van der Waals surface area contributed by atoms with E-state index in [2.05, 4.69) is 18.2 Å². The molecule has 0 radical (unpaired) electrons. The SMILES string of the molecule is O=C(O)c1ccc2c(c1)C/C(=C/c1ccccc1)CC2. The molecule has 3 rings (SSSR count). The Morgan fingerprint density at radius 2 is 1.80 bits per heavy atom. The first-order valence-corrected chi connectivity index (χ1v) is 6.82. The monoisotopic (exact) mass is 264 g/mol. The Labute approximate surface area is 118 Å². The van der Waals surface area contributed by atoms with Crippen LogP contribution in [-0.4, -0.2) is 11.1 Å². The second-order valence-electron chi connectivity index (χ2n) is 5.18. The highest BCUT2D eigenvalue weighted by molar-refractivity contribution is 5.88. The van der Waals surface area contributed by atoms with E-state index in [9.17, 15) is 4.79 Å². The van der Waals surface area contributed by atoms with Crippen molar-refractivity contribution in [3.05, 3.63) is 76.4 Å². The summed E-state index contributed by atoms with van der Waals surface area (Å²) in [4.78, 5) is 11.0. The lowest BCUT2D eigenvalue weighted by Crippen LogP contribution is -2.08. The van der Waals surface area contributed by atoms with Gasteiger partial charge in [-0.05, 0) is 48.1 Å². The molecule has 0 saturated heterocycles. The average molecular weight is 264 g/mol. The van der Waals surface area contributed by atoms with Crippen molar-refractivity contribution in [3.63, 3.8) is 0 Å². The van der Waals surface area contributed by atoms with Crippen molar-refractivity contribution in [3.8, 4) is 0 Å². The summed E-state index contributed by atoms with van der Waals surface area (Å²) in [5, 5.41) is 9.07. The molecule has 0 fully saturated rings. The highest BCUT2D eigenvalue weighted by Crippen LogP contribution is 2.27. The molecule has 0 unspecified atom stereocenters. The fourth-order valence-electron chi connectivity index (χ4n) is 2.70. The molecule has 0 aliphatic heterocycles. The van der Waals surface area contributed by atoms with E-state index in [0.29, 0.717) is 5.56 Å². The van der Waals surface area contributed by atoms with Crippen LogP contribution in [0.5, 0.6) is 0 Å². The molecule has 100 valence electrons. The summed E-state index contributed by atoms with van der Waals surface area (Å²) in [5.74, 6) is -0.855. The summed E-state index contributed by atoms with van der Waals surface area (Å²) in [6.07, 6.45) is 5.12. The molecule has 0 heterocycles. The van der Waals surface area contributed by atoms with Crippen LogP contribution in [-0.2, 0) is 12.8 Å². The molecule has 1 aliphatic rings. The predicted molar refractivity (Wildman–Crippen MR) is 79.8 cm³/mol. The van der Waals surface area contributed by atoms with Crippen molar-refractivity contribution < 1.29 is 9.90 Å². The number of carbonyl (C=O) groups is 1. The number of aromatic carboxylic acids is 1. The van der Waals surface area contributed by atoms with Gasteiger partial charge in [-0.25, -0.2) is 4.79 Å². The molecule has 1 N–H and O–H groups in total. The summed E-state index contributed by atoms with van der Waals surface area (Å²) in [5.41, 5.74) is 5.38. The first kappa shape index (κ1) is 12.7. The molecule has 20 heavy (non-hydrogen) atoms. The van der Waals surface area contributed by atoms with Gasteiger partial charge in [0.15, 0.2) is 0 Å². The van der Waals surface area contributed by atoms with Crippen molar-refractivity contribution in [2.24, 2.45) is 0 Å². The third kappa shape index (κ3) is 2.64. The van der Waals surface area contributed by atoms with E-state index < -0.39 is 5.97 Å². The lowest BCUT2D eigenvalue weighted by molar-refractivity contribution is 0.0696. The maximum Gasteiger partial charge on any atom is 0.335 e. The van der Waals surface area contributed by atoms with Crippen molar-refractivity contribution in [1.82, 2.24) is 0 Å². The van der Waals surface area contributed by atoms with Crippen LogP contribution in [0.15, 0.2) is 54.1 Å². The quantitative estimate of drug-likeness (QED) is 0.891. The van der Waals surface area contributed by atoms with E-state index in [1.54, 1.807) is 6.07 Å². The lowest BCUT2D eigenvalue weighted by atomic mass is 9.86. The van der Waals surface area contributed by atoms with E-state index in [1.165, 1.54) is 16.7 Å². The Morgan fingerprint density at radius 1 is 1.00 bits per heavy atom. The number of aryl methyl sites for hydroxylation is 1. The van der Waals surface area contributed by atoms with Crippen molar-refractivity contribution in [1.29, 1.82) is 0 Å². The zero-order valence-electron chi connectivity index (χ0n) is 11.2. The normalized spacial score (nSPS) is 15.9. The van der Waals surface area contributed by atoms with Crippen LogP contribution in [0.1, 0.15) is 33.5 Å². The zero-order valence-corrected chi connectivity index (χ0v) is 11.2. The molecule has 2 heteroatoms. The number of carboxylic acids is 1. The molecule has 2 aromatic rings. The number of carboxylic acid groups (broad SMARTS) is 1. The first-order chi connectivity index (χ1) is 9.72. The maximum absolute atomic E-state index is 11.0. The minimum Gasteiger partial charge on any atom is -0.478 e. The number of hydrogen-bond acceptors (Lipinski definition) is 1. The van der Waals surface area contributed by atoms with Crippen LogP contribution in [0.4, 0.5) is 0 Å².